The van der Waals surface area contributed by atoms with Crippen LogP contribution in [-0.2, 0) is 0 Å². The normalized spacial score (nSPS) is 27.7. The minimum Gasteiger partial charge on any atom is -0.314 e. The number of hydrogen-bond acceptors (Lipinski definition) is 3. The molecule has 2 saturated heterocycles. The van der Waals surface area contributed by atoms with Crippen LogP contribution >= 0.6 is 11.8 Å². The van der Waals surface area contributed by atoms with Gasteiger partial charge in [0.25, 0.3) is 0 Å². The molecule has 0 amide bonds. The van der Waals surface area contributed by atoms with Gasteiger partial charge in [0.2, 0.25) is 0 Å². The van der Waals surface area contributed by atoms with Crippen molar-refractivity contribution in [2.75, 3.05) is 37.7 Å². The van der Waals surface area contributed by atoms with Gasteiger partial charge in [-0.2, -0.15) is 11.8 Å². The molecular formula is C14H28N2S. The third kappa shape index (κ3) is 4.80. The van der Waals surface area contributed by atoms with Crippen LogP contribution in [0.25, 0.3) is 0 Å². The summed E-state index contributed by atoms with van der Waals surface area (Å²) in [5.74, 6) is 3.74. The van der Waals surface area contributed by atoms with Gasteiger partial charge >= 0.3 is 0 Å². The molecule has 0 aromatic heterocycles. The van der Waals surface area contributed by atoms with Crippen LogP contribution in [0, 0.1) is 5.92 Å². The van der Waals surface area contributed by atoms with Crippen LogP contribution in [0.1, 0.15) is 39.0 Å². The standard InChI is InChI=1S/C14H28N2S/c1-2-3-7-16-8-4-14(5-9-16)15-11-13-6-10-17-12-13/h13-15H,2-12H2,1H3. The number of hydrogen-bond donors (Lipinski definition) is 1. The highest BCUT2D eigenvalue weighted by Crippen LogP contribution is 2.23. The van der Waals surface area contributed by atoms with Gasteiger partial charge in [0, 0.05) is 6.04 Å². The van der Waals surface area contributed by atoms with E-state index in [2.05, 4.69) is 28.9 Å². The molecular weight excluding hydrogens is 228 g/mol. The van der Waals surface area contributed by atoms with E-state index in [1.54, 1.807) is 0 Å². The largest absolute Gasteiger partial charge is 0.314 e. The van der Waals surface area contributed by atoms with E-state index in [4.69, 9.17) is 0 Å². The second kappa shape index (κ2) is 7.65. The van der Waals surface area contributed by atoms with Crippen LogP contribution in [0.15, 0.2) is 0 Å². The topological polar surface area (TPSA) is 15.3 Å². The lowest BCUT2D eigenvalue weighted by Gasteiger charge is -2.32. The Labute approximate surface area is 111 Å². The van der Waals surface area contributed by atoms with Crippen LogP contribution in [0.2, 0.25) is 0 Å². The molecule has 0 aromatic rings. The van der Waals surface area contributed by atoms with Crippen LogP contribution in [-0.4, -0.2) is 48.6 Å². The lowest BCUT2D eigenvalue weighted by atomic mass is 10.0. The molecule has 1 unspecified atom stereocenters. The summed E-state index contributed by atoms with van der Waals surface area (Å²) < 4.78 is 0. The molecule has 2 fully saturated rings. The summed E-state index contributed by atoms with van der Waals surface area (Å²) in [5.41, 5.74) is 0. The molecule has 2 rings (SSSR count). The van der Waals surface area contributed by atoms with E-state index in [1.165, 1.54) is 69.8 Å². The van der Waals surface area contributed by atoms with Crippen molar-refractivity contribution in [1.82, 2.24) is 10.2 Å². The van der Waals surface area contributed by atoms with Gasteiger partial charge in [0.15, 0.2) is 0 Å². The second-order valence-electron chi connectivity index (χ2n) is 5.61. The Hall–Kier alpha value is 0.270. The smallest absolute Gasteiger partial charge is 0.00915 e. The predicted molar refractivity (Wildman–Crippen MR) is 77.8 cm³/mol. The van der Waals surface area contributed by atoms with Crippen molar-refractivity contribution in [2.45, 2.75) is 45.1 Å². The first-order chi connectivity index (χ1) is 8.38. The molecule has 2 aliphatic heterocycles. The second-order valence-corrected chi connectivity index (χ2v) is 6.76. The Balaban J connectivity index is 1.55. The minimum atomic E-state index is 0.804. The minimum absolute atomic E-state index is 0.804. The summed E-state index contributed by atoms with van der Waals surface area (Å²) in [6.45, 7) is 7.51. The first kappa shape index (κ1) is 13.7. The fourth-order valence-corrected chi connectivity index (χ4v) is 4.10. The van der Waals surface area contributed by atoms with Gasteiger partial charge in [-0.1, -0.05) is 13.3 Å². The molecule has 2 nitrogen and oxygen atoms in total. The number of rotatable bonds is 6. The fourth-order valence-electron chi connectivity index (χ4n) is 2.82. The van der Waals surface area contributed by atoms with E-state index in [1.807, 2.05) is 0 Å². The maximum absolute atomic E-state index is 3.80. The lowest BCUT2D eigenvalue weighted by Crippen LogP contribution is -2.44. The molecule has 0 saturated carbocycles. The third-order valence-electron chi connectivity index (χ3n) is 4.13. The van der Waals surface area contributed by atoms with E-state index in [0.717, 1.165) is 12.0 Å². The van der Waals surface area contributed by atoms with Gasteiger partial charge in [-0.15, -0.1) is 0 Å². The van der Waals surface area contributed by atoms with Crippen LogP contribution in [0.5, 0.6) is 0 Å². The number of nitrogens with zero attached hydrogens (tertiary/aromatic N) is 1. The van der Waals surface area contributed by atoms with E-state index in [-0.39, 0.29) is 0 Å². The predicted octanol–water partition coefficient (Wildman–Crippen LogP) is 2.59. The summed E-state index contributed by atoms with van der Waals surface area (Å²) in [6.07, 6.45) is 6.87. The Kier molecular flexibility index (Phi) is 6.16. The molecule has 17 heavy (non-hydrogen) atoms. The van der Waals surface area contributed by atoms with Crippen LogP contribution < -0.4 is 5.32 Å². The zero-order valence-corrected chi connectivity index (χ0v) is 12.1. The number of thioether (sulfide) groups is 1. The van der Waals surface area contributed by atoms with Gasteiger partial charge < -0.3 is 10.2 Å². The highest BCUT2D eigenvalue weighted by Gasteiger charge is 2.20. The zero-order chi connectivity index (χ0) is 11.9. The summed E-state index contributed by atoms with van der Waals surface area (Å²) >= 11 is 2.13. The van der Waals surface area contributed by atoms with Gasteiger partial charge in [-0.05, 0) is 69.3 Å². The van der Waals surface area contributed by atoms with E-state index < -0.39 is 0 Å². The molecule has 3 heteroatoms. The Morgan fingerprint density at radius 2 is 2.06 bits per heavy atom. The molecule has 0 bridgehead atoms. The lowest BCUT2D eigenvalue weighted by molar-refractivity contribution is 0.193. The highest BCUT2D eigenvalue weighted by atomic mass is 32.2. The quantitative estimate of drug-likeness (QED) is 0.786. The number of piperidine rings is 1. The van der Waals surface area contributed by atoms with E-state index in [9.17, 15) is 0 Å². The number of unbranched alkanes of at least 4 members (excludes halogenated alkanes) is 1. The van der Waals surface area contributed by atoms with Crippen molar-refractivity contribution >= 4 is 11.8 Å². The molecule has 100 valence electrons. The van der Waals surface area contributed by atoms with Gasteiger partial charge in [-0.25, -0.2) is 0 Å². The summed E-state index contributed by atoms with van der Waals surface area (Å²) in [4.78, 5) is 2.65. The average Bonchev–Trinajstić information content (AvgIpc) is 2.88. The van der Waals surface area contributed by atoms with Crippen molar-refractivity contribution in [2.24, 2.45) is 5.92 Å². The number of nitrogens with one attached hydrogen (secondary N) is 1. The monoisotopic (exact) mass is 256 g/mol. The van der Waals surface area contributed by atoms with Crippen LogP contribution in [0.3, 0.4) is 0 Å². The fraction of sp³-hybridized carbons (Fsp3) is 1.00. The molecule has 0 spiro atoms. The maximum atomic E-state index is 3.80. The van der Waals surface area contributed by atoms with Crippen molar-refractivity contribution in [3.8, 4) is 0 Å². The molecule has 2 aliphatic rings. The molecule has 2 heterocycles. The van der Waals surface area contributed by atoms with Crippen molar-refractivity contribution in [1.29, 1.82) is 0 Å². The summed E-state index contributed by atoms with van der Waals surface area (Å²) in [7, 11) is 0. The van der Waals surface area contributed by atoms with E-state index >= 15 is 0 Å². The first-order valence-corrected chi connectivity index (χ1v) is 8.57. The average molecular weight is 256 g/mol. The molecule has 0 aliphatic carbocycles. The Bertz CT molecular complexity index is 196. The number of likely N-dealkylation sites (tertiary alicyclic amines) is 1. The van der Waals surface area contributed by atoms with Gasteiger partial charge in [0.1, 0.15) is 0 Å². The summed E-state index contributed by atoms with van der Waals surface area (Å²) in [6, 6.07) is 0.804. The van der Waals surface area contributed by atoms with Gasteiger partial charge in [0.05, 0.1) is 0 Å². The first-order valence-electron chi connectivity index (χ1n) is 7.42. The molecule has 0 radical (unpaired) electrons. The van der Waals surface area contributed by atoms with Crippen molar-refractivity contribution in [3.05, 3.63) is 0 Å². The highest BCUT2D eigenvalue weighted by molar-refractivity contribution is 7.99. The zero-order valence-electron chi connectivity index (χ0n) is 11.3. The summed E-state index contributed by atoms with van der Waals surface area (Å²) in [5, 5.41) is 3.80. The molecule has 1 N–H and O–H groups in total. The molecule has 0 aromatic carbocycles. The van der Waals surface area contributed by atoms with Crippen LogP contribution in [0.4, 0.5) is 0 Å². The maximum Gasteiger partial charge on any atom is 0.00915 e. The molecule has 1 atom stereocenters. The van der Waals surface area contributed by atoms with Crippen molar-refractivity contribution in [3.63, 3.8) is 0 Å². The van der Waals surface area contributed by atoms with Gasteiger partial charge in [-0.3, -0.25) is 0 Å². The Morgan fingerprint density at radius 3 is 2.71 bits per heavy atom. The van der Waals surface area contributed by atoms with Crippen molar-refractivity contribution < 1.29 is 0 Å². The van der Waals surface area contributed by atoms with E-state index in [0.29, 0.717) is 0 Å². The SMILES string of the molecule is CCCCN1CCC(NCC2CCSC2)CC1. The Morgan fingerprint density at radius 1 is 1.24 bits per heavy atom. The third-order valence-corrected chi connectivity index (χ3v) is 5.37.